The summed E-state index contributed by atoms with van der Waals surface area (Å²) in [5.41, 5.74) is 0.159. The lowest BCUT2D eigenvalue weighted by atomic mass is 10.1. The third-order valence-electron chi connectivity index (χ3n) is 3.40. The van der Waals surface area contributed by atoms with Crippen LogP contribution in [-0.2, 0) is 4.74 Å². The van der Waals surface area contributed by atoms with Crippen molar-refractivity contribution in [2.75, 3.05) is 18.4 Å². The van der Waals surface area contributed by atoms with Crippen LogP contribution in [0.5, 0.6) is 0 Å². The van der Waals surface area contributed by atoms with Crippen LogP contribution >= 0.6 is 0 Å². The van der Waals surface area contributed by atoms with Crippen LogP contribution in [0, 0.1) is 0 Å². The highest BCUT2D eigenvalue weighted by Gasteiger charge is 2.27. The SMILES string of the molecule is CC(C)(C)OC(=O)N1CCC(NC(=O)Nc2cccnc2)CC1. The molecule has 0 unspecified atom stereocenters. The van der Waals surface area contributed by atoms with Crippen LogP contribution in [0.4, 0.5) is 15.3 Å². The van der Waals surface area contributed by atoms with E-state index in [1.165, 1.54) is 0 Å². The quantitative estimate of drug-likeness (QED) is 0.877. The van der Waals surface area contributed by atoms with Gasteiger partial charge < -0.3 is 20.3 Å². The lowest BCUT2D eigenvalue weighted by Gasteiger charge is -2.33. The first-order chi connectivity index (χ1) is 10.8. The summed E-state index contributed by atoms with van der Waals surface area (Å²) in [6.45, 7) is 6.70. The van der Waals surface area contributed by atoms with E-state index in [1.807, 2.05) is 20.8 Å². The van der Waals surface area contributed by atoms with Gasteiger partial charge in [-0.15, -0.1) is 0 Å². The number of amides is 3. The summed E-state index contributed by atoms with van der Waals surface area (Å²) in [7, 11) is 0. The van der Waals surface area contributed by atoms with E-state index in [0.29, 0.717) is 31.6 Å². The molecule has 1 aliphatic rings. The summed E-state index contributed by atoms with van der Waals surface area (Å²) in [6, 6.07) is 3.33. The molecule has 0 aromatic carbocycles. The second kappa shape index (κ2) is 7.30. The molecular formula is C16H24N4O3. The van der Waals surface area contributed by atoms with Gasteiger partial charge in [-0.05, 0) is 45.7 Å². The second-order valence-electron chi connectivity index (χ2n) is 6.58. The maximum Gasteiger partial charge on any atom is 0.410 e. The van der Waals surface area contributed by atoms with Crippen LogP contribution in [0.25, 0.3) is 0 Å². The first kappa shape index (κ1) is 17.1. The second-order valence-corrected chi connectivity index (χ2v) is 6.58. The number of urea groups is 1. The fourth-order valence-corrected chi connectivity index (χ4v) is 2.32. The molecule has 2 heterocycles. The molecule has 0 bridgehead atoms. The monoisotopic (exact) mass is 320 g/mol. The lowest BCUT2D eigenvalue weighted by Crippen LogP contribution is -2.48. The lowest BCUT2D eigenvalue weighted by molar-refractivity contribution is 0.0202. The molecule has 23 heavy (non-hydrogen) atoms. The van der Waals surface area contributed by atoms with Gasteiger partial charge in [-0.3, -0.25) is 4.98 Å². The Balaban J connectivity index is 1.74. The third-order valence-corrected chi connectivity index (χ3v) is 3.40. The van der Waals surface area contributed by atoms with Crippen molar-refractivity contribution in [3.05, 3.63) is 24.5 Å². The van der Waals surface area contributed by atoms with E-state index in [9.17, 15) is 9.59 Å². The van der Waals surface area contributed by atoms with Crippen molar-refractivity contribution in [3.63, 3.8) is 0 Å². The van der Waals surface area contributed by atoms with Crippen LogP contribution in [0.3, 0.4) is 0 Å². The van der Waals surface area contributed by atoms with Gasteiger partial charge in [-0.2, -0.15) is 0 Å². The molecule has 1 aliphatic heterocycles. The van der Waals surface area contributed by atoms with Crippen LogP contribution < -0.4 is 10.6 Å². The Kier molecular flexibility index (Phi) is 5.41. The molecule has 0 spiro atoms. The van der Waals surface area contributed by atoms with E-state index < -0.39 is 5.60 Å². The molecular weight excluding hydrogens is 296 g/mol. The van der Waals surface area contributed by atoms with E-state index in [2.05, 4.69) is 15.6 Å². The third kappa shape index (κ3) is 5.77. The van der Waals surface area contributed by atoms with Gasteiger partial charge in [0.25, 0.3) is 0 Å². The molecule has 7 heteroatoms. The van der Waals surface area contributed by atoms with Crippen molar-refractivity contribution in [2.45, 2.75) is 45.3 Å². The molecule has 1 aromatic heterocycles. The van der Waals surface area contributed by atoms with Crippen molar-refractivity contribution < 1.29 is 14.3 Å². The Bertz CT molecular complexity index is 534. The molecule has 0 atom stereocenters. The minimum atomic E-state index is -0.490. The van der Waals surface area contributed by atoms with Crippen molar-refractivity contribution in [1.82, 2.24) is 15.2 Å². The number of aromatic nitrogens is 1. The molecule has 2 N–H and O–H groups in total. The first-order valence-electron chi connectivity index (χ1n) is 7.79. The molecule has 0 radical (unpaired) electrons. The number of piperidine rings is 1. The highest BCUT2D eigenvalue weighted by Crippen LogP contribution is 2.15. The fraction of sp³-hybridized carbons (Fsp3) is 0.562. The molecule has 126 valence electrons. The van der Waals surface area contributed by atoms with Gasteiger partial charge in [0.2, 0.25) is 0 Å². The topological polar surface area (TPSA) is 83.6 Å². The van der Waals surface area contributed by atoms with E-state index in [0.717, 1.165) is 0 Å². The molecule has 0 aliphatic carbocycles. The maximum absolute atomic E-state index is 12.0. The largest absolute Gasteiger partial charge is 0.444 e. The molecule has 1 aromatic rings. The molecule has 7 nitrogen and oxygen atoms in total. The minimum Gasteiger partial charge on any atom is -0.444 e. The predicted molar refractivity (Wildman–Crippen MR) is 87.2 cm³/mol. The standard InChI is InChI=1S/C16H24N4O3/c1-16(2,3)23-15(22)20-9-6-12(7-10-20)18-14(21)19-13-5-4-8-17-11-13/h4-5,8,11-12H,6-7,9-10H2,1-3H3,(H2,18,19,21). The van der Waals surface area contributed by atoms with Gasteiger partial charge in [0.05, 0.1) is 11.9 Å². The zero-order chi connectivity index (χ0) is 16.9. The summed E-state index contributed by atoms with van der Waals surface area (Å²) < 4.78 is 5.35. The molecule has 1 saturated heterocycles. The van der Waals surface area contributed by atoms with E-state index in [4.69, 9.17) is 4.74 Å². The number of anilines is 1. The van der Waals surface area contributed by atoms with Crippen LogP contribution in [-0.4, -0.2) is 46.7 Å². The Morgan fingerprint density at radius 2 is 2.00 bits per heavy atom. The number of hydrogen-bond acceptors (Lipinski definition) is 4. The smallest absolute Gasteiger partial charge is 0.410 e. The van der Waals surface area contributed by atoms with Crippen molar-refractivity contribution >= 4 is 17.8 Å². The summed E-state index contributed by atoms with van der Waals surface area (Å²) in [6.07, 6.45) is 4.36. The molecule has 2 rings (SSSR count). The number of rotatable bonds is 2. The van der Waals surface area contributed by atoms with Crippen molar-refractivity contribution in [3.8, 4) is 0 Å². The average Bonchev–Trinajstić information content (AvgIpc) is 2.47. The summed E-state index contributed by atoms with van der Waals surface area (Å²) in [5, 5.41) is 5.65. The average molecular weight is 320 g/mol. The Hall–Kier alpha value is -2.31. The van der Waals surface area contributed by atoms with Crippen LogP contribution in [0.1, 0.15) is 33.6 Å². The van der Waals surface area contributed by atoms with E-state index in [1.54, 1.807) is 29.4 Å². The highest BCUT2D eigenvalue weighted by molar-refractivity contribution is 5.89. The normalized spacial score (nSPS) is 15.9. The number of nitrogens with zero attached hydrogens (tertiary/aromatic N) is 2. The van der Waals surface area contributed by atoms with Gasteiger partial charge in [-0.25, -0.2) is 9.59 Å². The number of hydrogen-bond donors (Lipinski definition) is 2. The van der Waals surface area contributed by atoms with Gasteiger partial charge in [0.15, 0.2) is 0 Å². The molecule has 0 saturated carbocycles. The number of nitrogens with one attached hydrogen (secondary N) is 2. The van der Waals surface area contributed by atoms with Crippen molar-refractivity contribution in [2.24, 2.45) is 0 Å². The van der Waals surface area contributed by atoms with E-state index in [-0.39, 0.29) is 18.2 Å². The highest BCUT2D eigenvalue weighted by atomic mass is 16.6. The minimum absolute atomic E-state index is 0.0466. The first-order valence-corrected chi connectivity index (χ1v) is 7.79. The Morgan fingerprint density at radius 3 is 2.57 bits per heavy atom. The zero-order valence-corrected chi connectivity index (χ0v) is 13.8. The predicted octanol–water partition coefficient (Wildman–Crippen LogP) is 2.60. The van der Waals surface area contributed by atoms with Gasteiger partial charge >= 0.3 is 12.1 Å². The number of carbonyl (C=O) groups is 2. The number of likely N-dealkylation sites (tertiary alicyclic amines) is 1. The maximum atomic E-state index is 12.0. The van der Waals surface area contributed by atoms with Gasteiger partial charge in [0.1, 0.15) is 5.60 Å². The summed E-state index contributed by atoms with van der Waals surface area (Å²) in [4.78, 5) is 29.5. The number of carbonyl (C=O) groups excluding carboxylic acids is 2. The van der Waals surface area contributed by atoms with Crippen LogP contribution in [0.15, 0.2) is 24.5 Å². The summed E-state index contributed by atoms with van der Waals surface area (Å²) in [5.74, 6) is 0. The summed E-state index contributed by atoms with van der Waals surface area (Å²) >= 11 is 0. The van der Waals surface area contributed by atoms with Gasteiger partial charge in [-0.1, -0.05) is 0 Å². The molecule has 1 fully saturated rings. The van der Waals surface area contributed by atoms with Crippen molar-refractivity contribution in [1.29, 1.82) is 0 Å². The zero-order valence-electron chi connectivity index (χ0n) is 13.8. The number of pyridine rings is 1. The fourth-order valence-electron chi connectivity index (χ4n) is 2.32. The number of ether oxygens (including phenoxy) is 1. The van der Waals surface area contributed by atoms with Crippen LogP contribution in [0.2, 0.25) is 0 Å². The Morgan fingerprint density at radius 1 is 1.30 bits per heavy atom. The Labute approximate surface area is 136 Å². The van der Waals surface area contributed by atoms with Gasteiger partial charge in [0, 0.05) is 25.3 Å². The van der Waals surface area contributed by atoms with E-state index >= 15 is 0 Å². The molecule has 3 amide bonds.